The molecule has 0 fully saturated rings. The molecule has 1 aromatic heterocycles. The minimum atomic E-state index is -0.419. The molecule has 2 aromatic carbocycles. The van der Waals surface area contributed by atoms with Crippen molar-refractivity contribution >= 4 is 33.3 Å². The second-order valence-corrected chi connectivity index (χ2v) is 4.59. The number of hydrogen-bond acceptors (Lipinski definition) is 3. The summed E-state index contributed by atoms with van der Waals surface area (Å²) in [7, 11) is 0. The zero-order valence-corrected chi connectivity index (χ0v) is 10.3. The van der Waals surface area contributed by atoms with Crippen LogP contribution in [0.2, 0.25) is 5.02 Å². The number of halogens is 1. The number of benzene rings is 2. The van der Waals surface area contributed by atoms with E-state index in [4.69, 9.17) is 16.0 Å². The van der Waals surface area contributed by atoms with Crippen molar-refractivity contribution in [2.24, 2.45) is 0 Å². The molecule has 0 saturated carbocycles. The van der Waals surface area contributed by atoms with E-state index < -0.39 is 5.63 Å². The van der Waals surface area contributed by atoms with Gasteiger partial charge < -0.3 is 9.52 Å². The van der Waals surface area contributed by atoms with Gasteiger partial charge in [0.05, 0.1) is 10.4 Å². The average molecular weight is 261 g/mol. The van der Waals surface area contributed by atoms with E-state index in [-0.39, 0.29) is 5.75 Å². The quantitative estimate of drug-likeness (QED) is 0.496. The summed E-state index contributed by atoms with van der Waals surface area (Å²) in [4.78, 5) is 11.9. The lowest BCUT2D eigenvalue weighted by Crippen LogP contribution is -2.01. The largest absolute Gasteiger partial charge is 0.508 e. The Morgan fingerprint density at radius 3 is 2.78 bits per heavy atom. The number of phenolic OH excluding ortho intramolecular Hbond substituents is 1. The second-order valence-electron chi connectivity index (χ2n) is 4.19. The summed E-state index contributed by atoms with van der Waals surface area (Å²) in [5.74, 6) is -0.0253. The summed E-state index contributed by atoms with van der Waals surface area (Å²) in [5.41, 5.74) is 0.715. The number of hydrogen-bond donors (Lipinski definition) is 1. The Balaban J connectivity index is 2.70. The zero-order valence-electron chi connectivity index (χ0n) is 9.53. The average Bonchev–Trinajstić information content (AvgIpc) is 2.27. The number of phenols is 1. The molecule has 0 aliphatic carbocycles. The fourth-order valence-electron chi connectivity index (χ4n) is 2.21. The Hall–Kier alpha value is -2.00. The van der Waals surface area contributed by atoms with Crippen LogP contribution in [0.3, 0.4) is 0 Å². The van der Waals surface area contributed by atoms with Crippen LogP contribution < -0.4 is 5.63 Å². The first-order chi connectivity index (χ1) is 8.58. The molecule has 0 bridgehead atoms. The molecule has 0 spiro atoms. The van der Waals surface area contributed by atoms with Gasteiger partial charge >= 0.3 is 5.63 Å². The van der Waals surface area contributed by atoms with E-state index >= 15 is 0 Å². The topological polar surface area (TPSA) is 50.4 Å². The van der Waals surface area contributed by atoms with Crippen LogP contribution in [0.15, 0.2) is 39.5 Å². The van der Waals surface area contributed by atoms with Crippen molar-refractivity contribution in [3.05, 3.63) is 51.3 Å². The summed E-state index contributed by atoms with van der Waals surface area (Å²) < 4.78 is 5.22. The van der Waals surface area contributed by atoms with Gasteiger partial charge in [-0.25, -0.2) is 4.79 Å². The lowest BCUT2D eigenvalue weighted by molar-refractivity contribution is 0.473. The minimum absolute atomic E-state index is 0.0253. The normalized spacial score (nSPS) is 11.2. The zero-order chi connectivity index (χ0) is 12.9. The Kier molecular flexibility index (Phi) is 2.31. The highest BCUT2D eigenvalue weighted by atomic mass is 35.5. The predicted molar refractivity (Wildman–Crippen MR) is 71.4 cm³/mol. The van der Waals surface area contributed by atoms with Gasteiger partial charge in [0, 0.05) is 16.8 Å². The van der Waals surface area contributed by atoms with Crippen LogP contribution in [-0.4, -0.2) is 5.11 Å². The molecule has 3 rings (SSSR count). The molecule has 4 heteroatoms. The molecular weight excluding hydrogens is 252 g/mol. The van der Waals surface area contributed by atoms with Crippen molar-refractivity contribution in [3.8, 4) is 5.75 Å². The third kappa shape index (κ3) is 1.48. The van der Waals surface area contributed by atoms with Gasteiger partial charge in [-0.1, -0.05) is 29.8 Å². The van der Waals surface area contributed by atoms with Gasteiger partial charge in [-0.05, 0) is 18.6 Å². The van der Waals surface area contributed by atoms with Gasteiger partial charge in [-0.15, -0.1) is 0 Å². The van der Waals surface area contributed by atoms with Gasteiger partial charge in [-0.3, -0.25) is 0 Å². The van der Waals surface area contributed by atoms with E-state index in [0.29, 0.717) is 21.4 Å². The van der Waals surface area contributed by atoms with Crippen molar-refractivity contribution in [1.82, 2.24) is 0 Å². The molecule has 0 saturated heterocycles. The first-order valence-corrected chi connectivity index (χ1v) is 5.80. The Labute approximate surface area is 107 Å². The van der Waals surface area contributed by atoms with E-state index in [0.717, 1.165) is 10.9 Å². The standard InChI is InChI=1S/C14H9ClO3/c1-7-3-2-4-9-12(7)14(17)18-11-6-8(16)5-10(15)13(9)11/h2-6,16H,1H3. The lowest BCUT2D eigenvalue weighted by Gasteiger charge is -2.06. The van der Waals surface area contributed by atoms with E-state index in [1.165, 1.54) is 12.1 Å². The molecule has 18 heavy (non-hydrogen) atoms. The Morgan fingerprint density at radius 1 is 1.22 bits per heavy atom. The third-order valence-electron chi connectivity index (χ3n) is 2.99. The maximum atomic E-state index is 11.9. The molecule has 0 aliphatic heterocycles. The number of aryl methyl sites for hydroxylation is 1. The molecule has 3 nitrogen and oxygen atoms in total. The van der Waals surface area contributed by atoms with E-state index in [1.54, 1.807) is 0 Å². The van der Waals surface area contributed by atoms with Crippen LogP contribution in [0, 0.1) is 6.92 Å². The first kappa shape index (κ1) is 11.1. The summed E-state index contributed by atoms with van der Waals surface area (Å²) in [6.45, 7) is 1.85. The predicted octanol–water partition coefficient (Wildman–Crippen LogP) is 3.61. The van der Waals surface area contributed by atoms with Crippen molar-refractivity contribution in [3.63, 3.8) is 0 Å². The van der Waals surface area contributed by atoms with Crippen LogP contribution in [0.1, 0.15) is 5.56 Å². The van der Waals surface area contributed by atoms with Gasteiger partial charge in [0.2, 0.25) is 0 Å². The van der Waals surface area contributed by atoms with Crippen molar-refractivity contribution < 1.29 is 9.52 Å². The molecule has 1 N–H and O–H groups in total. The van der Waals surface area contributed by atoms with E-state index in [1.807, 2.05) is 25.1 Å². The van der Waals surface area contributed by atoms with Crippen molar-refractivity contribution in [2.45, 2.75) is 6.92 Å². The minimum Gasteiger partial charge on any atom is -0.508 e. The first-order valence-electron chi connectivity index (χ1n) is 5.42. The van der Waals surface area contributed by atoms with E-state index in [9.17, 15) is 9.90 Å². The smallest absolute Gasteiger partial charge is 0.344 e. The van der Waals surface area contributed by atoms with Gasteiger partial charge in [0.1, 0.15) is 11.3 Å². The Bertz CT molecular complexity index is 834. The molecule has 1 heterocycles. The summed E-state index contributed by atoms with van der Waals surface area (Å²) in [6, 6.07) is 8.36. The van der Waals surface area contributed by atoms with Crippen LogP contribution in [0.5, 0.6) is 5.75 Å². The lowest BCUT2D eigenvalue weighted by atomic mass is 10.0. The van der Waals surface area contributed by atoms with Crippen LogP contribution in [-0.2, 0) is 0 Å². The van der Waals surface area contributed by atoms with Gasteiger partial charge in [-0.2, -0.15) is 0 Å². The molecule has 0 atom stereocenters. The van der Waals surface area contributed by atoms with Gasteiger partial charge in [0.15, 0.2) is 0 Å². The summed E-state index contributed by atoms with van der Waals surface area (Å²) in [6.07, 6.45) is 0. The fraction of sp³-hybridized carbons (Fsp3) is 0.0714. The van der Waals surface area contributed by atoms with Crippen LogP contribution in [0.4, 0.5) is 0 Å². The van der Waals surface area contributed by atoms with Crippen molar-refractivity contribution in [1.29, 1.82) is 0 Å². The van der Waals surface area contributed by atoms with E-state index in [2.05, 4.69) is 0 Å². The molecule has 0 radical (unpaired) electrons. The SMILES string of the molecule is Cc1cccc2c1c(=O)oc1cc(O)cc(Cl)c12. The highest BCUT2D eigenvalue weighted by Gasteiger charge is 2.12. The maximum Gasteiger partial charge on any atom is 0.344 e. The molecule has 0 amide bonds. The second kappa shape index (κ2) is 3.75. The van der Waals surface area contributed by atoms with Gasteiger partial charge in [0.25, 0.3) is 0 Å². The van der Waals surface area contributed by atoms with Crippen LogP contribution >= 0.6 is 11.6 Å². The summed E-state index contributed by atoms with van der Waals surface area (Å²) in [5, 5.41) is 11.8. The molecular formula is C14H9ClO3. The van der Waals surface area contributed by atoms with Crippen LogP contribution in [0.25, 0.3) is 21.7 Å². The summed E-state index contributed by atoms with van der Waals surface area (Å²) >= 11 is 6.12. The third-order valence-corrected chi connectivity index (χ3v) is 3.29. The maximum absolute atomic E-state index is 11.9. The molecule has 90 valence electrons. The Morgan fingerprint density at radius 2 is 2.00 bits per heavy atom. The number of fused-ring (bicyclic) bond motifs is 3. The van der Waals surface area contributed by atoms with Crippen molar-refractivity contribution in [2.75, 3.05) is 0 Å². The number of rotatable bonds is 0. The molecule has 0 unspecified atom stereocenters. The molecule has 0 aliphatic rings. The number of aromatic hydroxyl groups is 1. The monoisotopic (exact) mass is 260 g/mol. The highest BCUT2D eigenvalue weighted by Crippen LogP contribution is 2.33. The molecule has 3 aromatic rings. The highest BCUT2D eigenvalue weighted by molar-refractivity contribution is 6.37. The fourth-order valence-corrected chi connectivity index (χ4v) is 2.51.